The molecule has 0 unspecified atom stereocenters. The van der Waals surface area contributed by atoms with Crippen molar-refractivity contribution in [1.82, 2.24) is 0 Å². The molecule has 0 amide bonds. The van der Waals surface area contributed by atoms with Crippen LogP contribution in [0, 0.1) is 0 Å². The highest BCUT2D eigenvalue weighted by Gasteiger charge is 1.98. The van der Waals surface area contributed by atoms with Crippen molar-refractivity contribution in [2.75, 3.05) is 6.61 Å². The zero-order chi connectivity index (χ0) is 16.0. The highest BCUT2D eigenvalue weighted by Crippen LogP contribution is 2.16. The average molecular weight is 306 g/mol. The molecule has 0 saturated carbocycles. The first-order valence-electron chi connectivity index (χ1n) is 8.23. The van der Waals surface area contributed by atoms with E-state index in [1.807, 2.05) is 30.3 Å². The molecule has 0 bridgehead atoms. The van der Waals surface area contributed by atoms with Crippen LogP contribution in [-0.2, 0) is 9.53 Å². The molecule has 1 aromatic carbocycles. The third-order valence-electron chi connectivity index (χ3n) is 3.49. The Bertz CT molecular complexity index is 440. The molecular weight excluding hydrogens is 279 g/mol. The maximum atomic E-state index is 13.7. The fraction of sp³-hybridized carbons (Fsp3) is 0.526. The molecule has 2 nitrogen and oxygen atoms in total. The minimum atomic E-state index is -0.203. The molecule has 0 aromatic heterocycles. The van der Waals surface area contributed by atoms with Gasteiger partial charge in [-0.15, -0.1) is 0 Å². The standard InChI is InChI=1S/C19H27FO2/c1-17(21)22-15-11-6-4-2-3-5-10-14-19(20)16-18-12-8-7-9-13-18/h7-9,12-13,16H,2-6,10-11,14-15H2,1H3/b19-16+. The van der Waals surface area contributed by atoms with Gasteiger partial charge in [-0.1, -0.05) is 62.4 Å². The molecule has 0 aliphatic rings. The van der Waals surface area contributed by atoms with Gasteiger partial charge in [0.1, 0.15) is 5.83 Å². The van der Waals surface area contributed by atoms with Gasteiger partial charge in [0.25, 0.3) is 0 Å². The number of benzene rings is 1. The minimum absolute atomic E-state index is 0.0346. The van der Waals surface area contributed by atoms with Gasteiger partial charge in [0.15, 0.2) is 0 Å². The van der Waals surface area contributed by atoms with Gasteiger partial charge in [0.2, 0.25) is 0 Å². The van der Waals surface area contributed by atoms with Crippen molar-refractivity contribution in [2.45, 2.75) is 58.3 Å². The summed E-state index contributed by atoms with van der Waals surface area (Å²) < 4.78 is 18.6. The molecule has 1 rings (SSSR count). The van der Waals surface area contributed by atoms with Crippen LogP contribution in [0.15, 0.2) is 36.2 Å². The number of carbonyl (C=O) groups excluding carboxylic acids is 1. The molecule has 0 saturated heterocycles. The number of ether oxygens (including phenoxy) is 1. The lowest BCUT2D eigenvalue weighted by Crippen LogP contribution is -2.00. The third kappa shape index (κ3) is 10.1. The van der Waals surface area contributed by atoms with Gasteiger partial charge in [-0.2, -0.15) is 0 Å². The largest absolute Gasteiger partial charge is 0.466 e. The lowest BCUT2D eigenvalue weighted by Gasteiger charge is -2.03. The molecule has 0 heterocycles. The fourth-order valence-corrected chi connectivity index (χ4v) is 2.30. The molecule has 0 atom stereocenters. The highest BCUT2D eigenvalue weighted by atomic mass is 19.1. The summed E-state index contributed by atoms with van der Waals surface area (Å²) in [6.07, 6.45) is 9.63. The van der Waals surface area contributed by atoms with Crippen LogP contribution >= 0.6 is 0 Å². The molecule has 0 spiro atoms. The predicted molar refractivity (Wildman–Crippen MR) is 89.1 cm³/mol. The number of unbranched alkanes of at least 4 members (excludes halogenated alkanes) is 6. The van der Waals surface area contributed by atoms with Gasteiger partial charge in [0.05, 0.1) is 6.61 Å². The number of carbonyl (C=O) groups is 1. The van der Waals surface area contributed by atoms with Gasteiger partial charge in [-0.3, -0.25) is 4.79 Å². The van der Waals surface area contributed by atoms with E-state index in [0.717, 1.165) is 44.1 Å². The summed E-state index contributed by atoms with van der Waals surface area (Å²) in [5.41, 5.74) is 0.924. The topological polar surface area (TPSA) is 26.3 Å². The zero-order valence-corrected chi connectivity index (χ0v) is 13.5. The summed E-state index contributed by atoms with van der Waals surface area (Å²) in [4.78, 5) is 10.6. The Kier molecular flexibility index (Phi) is 10.0. The summed E-state index contributed by atoms with van der Waals surface area (Å²) in [5, 5.41) is 0. The van der Waals surface area contributed by atoms with Crippen molar-refractivity contribution in [1.29, 1.82) is 0 Å². The van der Waals surface area contributed by atoms with Crippen LogP contribution in [0.5, 0.6) is 0 Å². The van der Waals surface area contributed by atoms with E-state index in [-0.39, 0.29) is 11.8 Å². The van der Waals surface area contributed by atoms with Crippen molar-refractivity contribution >= 4 is 12.0 Å². The third-order valence-corrected chi connectivity index (χ3v) is 3.49. The Balaban J connectivity index is 1.95. The molecule has 122 valence electrons. The van der Waals surface area contributed by atoms with E-state index in [2.05, 4.69) is 0 Å². The van der Waals surface area contributed by atoms with Crippen LogP contribution in [0.1, 0.15) is 63.9 Å². The number of allylic oxidation sites excluding steroid dienone is 1. The van der Waals surface area contributed by atoms with E-state index in [1.165, 1.54) is 13.3 Å². The van der Waals surface area contributed by atoms with Crippen LogP contribution in [-0.4, -0.2) is 12.6 Å². The predicted octanol–water partition coefficient (Wildman–Crippen LogP) is 5.68. The van der Waals surface area contributed by atoms with E-state index < -0.39 is 0 Å². The summed E-state index contributed by atoms with van der Waals surface area (Å²) in [6.45, 7) is 1.97. The van der Waals surface area contributed by atoms with Crippen molar-refractivity contribution in [3.63, 3.8) is 0 Å². The van der Waals surface area contributed by atoms with Crippen LogP contribution in [0.3, 0.4) is 0 Å². The second-order valence-electron chi connectivity index (χ2n) is 5.57. The SMILES string of the molecule is CC(=O)OCCCCCCCCC/C(F)=C\c1ccccc1. The summed E-state index contributed by atoms with van der Waals surface area (Å²) >= 11 is 0. The Morgan fingerprint density at radius 1 is 1.00 bits per heavy atom. The summed E-state index contributed by atoms with van der Waals surface area (Å²) in [7, 11) is 0. The Labute approximate surface area is 133 Å². The van der Waals surface area contributed by atoms with Crippen molar-refractivity contribution < 1.29 is 13.9 Å². The summed E-state index contributed by atoms with van der Waals surface area (Å²) in [5.74, 6) is -0.238. The van der Waals surface area contributed by atoms with Gasteiger partial charge in [0, 0.05) is 6.92 Å². The molecule has 0 aliphatic heterocycles. The molecule has 3 heteroatoms. The van der Waals surface area contributed by atoms with Gasteiger partial charge < -0.3 is 4.74 Å². The number of esters is 1. The van der Waals surface area contributed by atoms with E-state index in [4.69, 9.17) is 4.74 Å². The maximum Gasteiger partial charge on any atom is 0.302 e. The first-order chi connectivity index (χ1) is 10.7. The van der Waals surface area contributed by atoms with Crippen LogP contribution < -0.4 is 0 Å². The highest BCUT2D eigenvalue weighted by molar-refractivity contribution is 5.65. The van der Waals surface area contributed by atoms with Crippen molar-refractivity contribution in [2.24, 2.45) is 0 Å². The van der Waals surface area contributed by atoms with Crippen LogP contribution in [0.25, 0.3) is 6.08 Å². The van der Waals surface area contributed by atoms with E-state index in [1.54, 1.807) is 6.08 Å². The van der Waals surface area contributed by atoms with Gasteiger partial charge in [-0.05, 0) is 30.9 Å². The van der Waals surface area contributed by atoms with E-state index >= 15 is 0 Å². The molecule has 0 N–H and O–H groups in total. The van der Waals surface area contributed by atoms with Crippen LogP contribution in [0.2, 0.25) is 0 Å². The smallest absolute Gasteiger partial charge is 0.302 e. The lowest BCUT2D eigenvalue weighted by molar-refractivity contribution is -0.141. The number of halogens is 1. The van der Waals surface area contributed by atoms with E-state index in [9.17, 15) is 9.18 Å². The van der Waals surface area contributed by atoms with Crippen LogP contribution in [0.4, 0.5) is 4.39 Å². The molecule has 22 heavy (non-hydrogen) atoms. The molecule has 0 fully saturated rings. The monoisotopic (exact) mass is 306 g/mol. The minimum Gasteiger partial charge on any atom is -0.466 e. The first kappa shape index (κ1) is 18.4. The molecule has 0 aliphatic carbocycles. The lowest BCUT2D eigenvalue weighted by atomic mass is 10.1. The summed E-state index contributed by atoms with van der Waals surface area (Å²) in [6, 6.07) is 9.59. The van der Waals surface area contributed by atoms with Gasteiger partial charge >= 0.3 is 5.97 Å². The van der Waals surface area contributed by atoms with Crippen molar-refractivity contribution in [3.8, 4) is 0 Å². The molecule has 1 aromatic rings. The maximum absolute atomic E-state index is 13.7. The zero-order valence-electron chi connectivity index (χ0n) is 13.5. The molecule has 0 radical (unpaired) electrons. The first-order valence-corrected chi connectivity index (χ1v) is 8.23. The Morgan fingerprint density at radius 3 is 2.23 bits per heavy atom. The van der Waals surface area contributed by atoms with E-state index in [0.29, 0.717) is 13.0 Å². The Hall–Kier alpha value is -1.64. The number of rotatable bonds is 11. The van der Waals surface area contributed by atoms with Crippen molar-refractivity contribution in [3.05, 3.63) is 41.7 Å². The van der Waals surface area contributed by atoms with Gasteiger partial charge in [-0.25, -0.2) is 4.39 Å². The fourth-order valence-electron chi connectivity index (χ4n) is 2.30. The molecular formula is C19H27FO2. The average Bonchev–Trinajstić information content (AvgIpc) is 2.50. The normalized spacial score (nSPS) is 11.5. The second kappa shape index (κ2) is 12.0. The number of hydrogen-bond acceptors (Lipinski definition) is 2. The second-order valence-corrected chi connectivity index (χ2v) is 5.57. The quantitative estimate of drug-likeness (QED) is 0.388. The number of hydrogen-bond donors (Lipinski definition) is 0. The Morgan fingerprint density at radius 2 is 1.59 bits per heavy atom.